The molecule has 0 aromatic heterocycles. The molecule has 0 spiro atoms. The van der Waals surface area contributed by atoms with Gasteiger partial charge in [0.25, 0.3) is 0 Å². The highest BCUT2D eigenvalue weighted by molar-refractivity contribution is 5.91. The van der Waals surface area contributed by atoms with E-state index in [0.717, 1.165) is 0 Å². The topological polar surface area (TPSA) is 0 Å². The maximum absolute atomic E-state index is 4.19. The van der Waals surface area contributed by atoms with Crippen molar-refractivity contribution in [1.82, 2.24) is 0 Å². The molecule has 0 heterocycles. The Balaban J connectivity index is 2.55. The minimum absolute atomic E-state index is 0.366. The van der Waals surface area contributed by atoms with Crippen molar-refractivity contribution >= 4 is 5.57 Å². The van der Waals surface area contributed by atoms with Crippen LogP contribution in [0.25, 0.3) is 5.57 Å². The molecule has 2 aromatic carbocycles. The zero-order chi connectivity index (χ0) is 18.7. The third kappa shape index (κ3) is 2.45. The lowest BCUT2D eigenvalue weighted by atomic mass is 9.66. The Morgan fingerprint density at radius 2 is 1.69 bits per heavy atom. The fraction of sp³-hybridized carbons (Fsp3) is 0.154. The van der Waals surface area contributed by atoms with E-state index in [0.29, 0.717) is 0 Å². The first kappa shape index (κ1) is 17.9. The molecule has 0 amide bonds. The number of hydrogen-bond donors (Lipinski definition) is 0. The van der Waals surface area contributed by atoms with E-state index in [-0.39, 0.29) is 5.41 Å². The molecule has 1 aliphatic rings. The van der Waals surface area contributed by atoms with Gasteiger partial charge in [0, 0.05) is 0 Å². The molecule has 26 heavy (non-hydrogen) atoms. The quantitative estimate of drug-likeness (QED) is 0.518. The number of rotatable bonds is 5. The minimum Gasteiger partial charge on any atom is -0.0987 e. The van der Waals surface area contributed by atoms with Crippen LogP contribution >= 0.6 is 0 Å². The van der Waals surface area contributed by atoms with Gasteiger partial charge < -0.3 is 0 Å². The van der Waals surface area contributed by atoms with E-state index in [2.05, 4.69) is 101 Å². The van der Waals surface area contributed by atoms with E-state index >= 15 is 0 Å². The summed E-state index contributed by atoms with van der Waals surface area (Å²) in [6.45, 7) is 14.6. The summed E-state index contributed by atoms with van der Waals surface area (Å²) in [7, 11) is 0. The van der Waals surface area contributed by atoms with Crippen LogP contribution in [0.15, 0.2) is 103 Å². The number of benzene rings is 2. The third-order valence-corrected chi connectivity index (χ3v) is 5.27. The standard InChI is InChI=1S/C26H26/c1-6-13-20(7-2)26(21-14-11-10-12-15-21)24(9-4)22(8-3)23-17-16-19(5)18-25(23)26/h6-18H,3-4H2,1-2,5H3/b13-6-,20-7+. The monoisotopic (exact) mass is 338 g/mol. The Morgan fingerprint density at radius 1 is 0.962 bits per heavy atom. The Kier molecular flexibility index (Phi) is 4.95. The molecule has 0 saturated carbocycles. The molecule has 0 bridgehead atoms. The number of aryl methyl sites for hydroxylation is 1. The van der Waals surface area contributed by atoms with Crippen LogP contribution in [0.1, 0.15) is 36.1 Å². The lowest BCUT2D eigenvalue weighted by Crippen LogP contribution is -2.29. The average Bonchev–Trinajstić information content (AvgIpc) is 2.96. The van der Waals surface area contributed by atoms with Crippen molar-refractivity contribution < 1.29 is 0 Å². The van der Waals surface area contributed by atoms with Crippen molar-refractivity contribution in [1.29, 1.82) is 0 Å². The van der Waals surface area contributed by atoms with Gasteiger partial charge in [-0.15, -0.1) is 0 Å². The average molecular weight is 338 g/mol. The molecule has 1 aliphatic carbocycles. The predicted octanol–water partition coefficient (Wildman–Crippen LogP) is 6.94. The molecule has 3 rings (SSSR count). The van der Waals surface area contributed by atoms with Crippen LogP contribution in [0.4, 0.5) is 0 Å². The fourth-order valence-corrected chi connectivity index (χ4v) is 4.27. The molecular formula is C26H26. The molecule has 0 fully saturated rings. The number of allylic oxidation sites excluding steroid dienone is 8. The van der Waals surface area contributed by atoms with E-state index in [4.69, 9.17) is 0 Å². The van der Waals surface area contributed by atoms with Crippen LogP contribution in [-0.2, 0) is 5.41 Å². The predicted molar refractivity (Wildman–Crippen MR) is 114 cm³/mol. The highest BCUT2D eigenvalue weighted by atomic mass is 14.5. The van der Waals surface area contributed by atoms with Crippen molar-refractivity contribution in [3.8, 4) is 0 Å². The molecule has 0 radical (unpaired) electrons. The zero-order valence-corrected chi connectivity index (χ0v) is 15.9. The highest BCUT2D eigenvalue weighted by Gasteiger charge is 2.46. The van der Waals surface area contributed by atoms with Gasteiger partial charge in [0.05, 0.1) is 5.41 Å². The zero-order valence-electron chi connectivity index (χ0n) is 15.9. The van der Waals surface area contributed by atoms with E-state index in [1.165, 1.54) is 39.0 Å². The van der Waals surface area contributed by atoms with Gasteiger partial charge in [0.15, 0.2) is 0 Å². The van der Waals surface area contributed by atoms with Crippen molar-refractivity contribution in [2.24, 2.45) is 0 Å². The highest BCUT2D eigenvalue weighted by Crippen LogP contribution is 2.55. The number of fused-ring (bicyclic) bond motifs is 1. The molecular weight excluding hydrogens is 312 g/mol. The lowest BCUT2D eigenvalue weighted by Gasteiger charge is -2.35. The maximum atomic E-state index is 4.19. The fourth-order valence-electron chi connectivity index (χ4n) is 4.27. The largest absolute Gasteiger partial charge is 0.0987 e. The first-order valence-electron chi connectivity index (χ1n) is 9.11. The second-order valence-electron chi connectivity index (χ2n) is 6.64. The summed E-state index contributed by atoms with van der Waals surface area (Å²) >= 11 is 0. The van der Waals surface area contributed by atoms with Crippen molar-refractivity contribution in [3.63, 3.8) is 0 Å². The van der Waals surface area contributed by atoms with E-state index in [9.17, 15) is 0 Å². The van der Waals surface area contributed by atoms with Crippen molar-refractivity contribution in [2.45, 2.75) is 26.2 Å². The summed E-state index contributed by atoms with van der Waals surface area (Å²) in [4.78, 5) is 0. The second-order valence-corrected chi connectivity index (χ2v) is 6.64. The van der Waals surface area contributed by atoms with Crippen molar-refractivity contribution in [3.05, 3.63) is 125 Å². The van der Waals surface area contributed by atoms with Gasteiger partial charge in [-0.1, -0.05) is 97.6 Å². The maximum Gasteiger partial charge on any atom is 0.0710 e. The van der Waals surface area contributed by atoms with Crippen LogP contribution in [0.2, 0.25) is 0 Å². The Bertz CT molecular complexity index is 935. The molecule has 130 valence electrons. The Hall–Kier alpha value is -2.86. The van der Waals surface area contributed by atoms with E-state index in [1.54, 1.807) is 0 Å². The van der Waals surface area contributed by atoms with Crippen LogP contribution in [0, 0.1) is 6.92 Å². The molecule has 1 unspecified atom stereocenters. The molecule has 1 atom stereocenters. The summed E-state index contributed by atoms with van der Waals surface area (Å²) in [6.07, 6.45) is 10.5. The Labute approximate surface area is 157 Å². The summed E-state index contributed by atoms with van der Waals surface area (Å²) in [5.74, 6) is 0. The molecule has 2 aromatic rings. The van der Waals surface area contributed by atoms with Gasteiger partial charge in [0.1, 0.15) is 0 Å². The summed E-state index contributed by atoms with van der Waals surface area (Å²) in [5.41, 5.74) is 8.32. The summed E-state index contributed by atoms with van der Waals surface area (Å²) in [6, 6.07) is 17.4. The van der Waals surface area contributed by atoms with Gasteiger partial charge in [-0.05, 0) is 54.2 Å². The second kappa shape index (κ2) is 7.17. The van der Waals surface area contributed by atoms with Crippen LogP contribution in [0.5, 0.6) is 0 Å². The summed E-state index contributed by atoms with van der Waals surface area (Å²) in [5, 5.41) is 0. The minimum atomic E-state index is -0.366. The normalized spacial score (nSPS) is 19.7. The van der Waals surface area contributed by atoms with Gasteiger partial charge in [-0.2, -0.15) is 0 Å². The van der Waals surface area contributed by atoms with Crippen LogP contribution in [-0.4, -0.2) is 0 Å². The third-order valence-electron chi connectivity index (χ3n) is 5.27. The molecule has 0 N–H and O–H groups in total. The van der Waals surface area contributed by atoms with Gasteiger partial charge in [-0.25, -0.2) is 0 Å². The van der Waals surface area contributed by atoms with Gasteiger partial charge in [-0.3, -0.25) is 0 Å². The lowest BCUT2D eigenvalue weighted by molar-refractivity contribution is 0.757. The van der Waals surface area contributed by atoms with Crippen LogP contribution < -0.4 is 0 Å². The van der Waals surface area contributed by atoms with E-state index < -0.39 is 0 Å². The summed E-state index contributed by atoms with van der Waals surface area (Å²) < 4.78 is 0. The van der Waals surface area contributed by atoms with Gasteiger partial charge >= 0.3 is 0 Å². The van der Waals surface area contributed by atoms with Crippen molar-refractivity contribution in [2.75, 3.05) is 0 Å². The van der Waals surface area contributed by atoms with Crippen LogP contribution in [0.3, 0.4) is 0 Å². The first-order chi connectivity index (χ1) is 12.6. The molecule has 0 aliphatic heterocycles. The molecule has 0 saturated heterocycles. The smallest absolute Gasteiger partial charge is 0.0710 e. The SMILES string of the molecule is C=CC1=C(C=C)C(C(/C=C\C)=C/C)(c2ccccc2)c2cc(C)ccc21. The molecule has 0 nitrogen and oxygen atoms in total. The molecule has 0 heteroatoms. The van der Waals surface area contributed by atoms with Gasteiger partial charge in [0.2, 0.25) is 0 Å². The van der Waals surface area contributed by atoms with E-state index in [1.807, 2.05) is 12.2 Å². The first-order valence-corrected chi connectivity index (χ1v) is 9.11. The number of hydrogen-bond acceptors (Lipinski definition) is 0. The Morgan fingerprint density at radius 3 is 2.27 bits per heavy atom.